The van der Waals surface area contributed by atoms with Gasteiger partial charge in [-0.2, -0.15) is 5.26 Å². The summed E-state index contributed by atoms with van der Waals surface area (Å²) in [5, 5.41) is 26.1. The first-order chi connectivity index (χ1) is 18.5. The number of benzene rings is 1. The third-order valence-corrected chi connectivity index (χ3v) is 7.23. The van der Waals surface area contributed by atoms with Crippen molar-refractivity contribution in [1.29, 1.82) is 5.26 Å². The summed E-state index contributed by atoms with van der Waals surface area (Å²) in [7, 11) is 0. The number of fused-ring (bicyclic) bond motifs is 1. The lowest BCUT2D eigenvalue weighted by molar-refractivity contribution is 0.0593. The zero-order valence-electron chi connectivity index (χ0n) is 22.1. The minimum atomic E-state index is -2.53. The SMILES string of the molecule is Cc1ncccc1C(Nc1cc(Cl)c2ncc(C#N)c(NCC(C)(C)C)c2c1)c1cn(C2(C(F)F)CC2)nn1. The first kappa shape index (κ1) is 26.8. The Labute approximate surface area is 230 Å². The maximum Gasteiger partial charge on any atom is 0.263 e. The molecule has 0 bridgehead atoms. The lowest BCUT2D eigenvalue weighted by atomic mass is 9.96. The molecular weight excluding hydrogens is 522 g/mol. The van der Waals surface area contributed by atoms with Gasteiger partial charge < -0.3 is 10.6 Å². The summed E-state index contributed by atoms with van der Waals surface area (Å²) in [5.74, 6) is 0. The highest BCUT2D eigenvalue weighted by Crippen LogP contribution is 2.48. The largest absolute Gasteiger partial charge is 0.383 e. The lowest BCUT2D eigenvalue weighted by Crippen LogP contribution is -2.26. The minimum absolute atomic E-state index is 0.0339. The summed E-state index contributed by atoms with van der Waals surface area (Å²) in [6.07, 6.45) is 2.98. The molecule has 5 rings (SSSR count). The highest BCUT2D eigenvalue weighted by molar-refractivity contribution is 6.35. The maximum atomic E-state index is 13.8. The molecular formula is C28H29ClF2N8. The van der Waals surface area contributed by atoms with Crippen LogP contribution in [0.1, 0.15) is 62.2 Å². The standard InChI is InChI=1S/C28H29ClF2N8/c1-16-19(6-5-9-33-16)25(22-14-39(38-37-22)28(7-8-28)26(30)31)36-18-10-20-23(35-15-27(2,3)4)17(12-32)13-34-24(20)21(29)11-18/h5-6,9-11,13-14,25-26,36H,7-8,15H2,1-4H3,(H,34,35). The smallest absolute Gasteiger partial charge is 0.263 e. The van der Waals surface area contributed by atoms with E-state index in [2.05, 4.69) is 57.8 Å². The maximum absolute atomic E-state index is 13.8. The second kappa shape index (κ2) is 10.0. The number of pyridine rings is 2. The van der Waals surface area contributed by atoms with Gasteiger partial charge in [0.05, 0.1) is 34.0 Å². The molecule has 202 valence electrons. The molecule has 0 radical (unpaired) electrons. The Hall–Kier alpha value is -3.84. The molecule has 1 aliphatic rings. The van der Waals surface area contributed by atoms with Crippen LogP contribution >= 0.6 is 11.6 Å². The highest BCUT2D eigenvalue weighted by atomic mass is 35.5. The summed E-state index contributed by atoms with van der Waals surface area (Å²) < 4.78 is 28.8. The predicted octanol–water partition coefficient (Wildman–Crippen LogP) is 6.47. The van der Waals surface area contributed by atoms with E-state index in [0.717, 1.165) is 11.3 Å². The van der Waals surface area contributed by atoms with Crippen LogP contribution < -0.4 is 10.6 Å². The number of aromatic nitrogens is 5. The molecule has 39 heavy (non-hydrogen) atoms. The number of nitrogens with zero attached hydrogens (tertiary/aromatic N) is 6. The number of hydrogen-bond donors (Lipinski definition) is 2. The average molecular weight is 551 g/mol. The van der Waals surface area contributed by atoms with Crippen LogP contribution in [0.15, 0.2) is 42.9 Å². The average Bonchev–Trinajstić information content (AvgIpc) is 3.56. The molecule has 1 unspecified atom stereocenters. The van der Waals surface area contributed by atoms with Gasteiger partial charge in [0.1, 0.15) is 17.3 Å². The number of alkyl halides is 2. The van der Waals surface area contributed by atoms with Gasteiger partial charge in [-0.1, -0.05) is 43.7 Å². The number of anilines is 2. The van der Waals surface area contributed by atoms with E-state index in [-0.39, 0.29) is 5.41 Å². The molecule has 1 atom stereocenters. The monoisotopic (exact) mass is 550 g/mol. The normalized spacial score (nSPS) is 15.3. The van der Waals surface area contributed by atoms with E-state index in [1.807, 2.05) is 25.1 Å². The molecule has 3 heterocycles. The first-order valence-corrected chi connectivity index (χ1v) is 13.1. The van der Waals surface area contributed by atoms with E-state index >= 15 is 0 Å². The fraction of sp³-hybridized carbons (Fsp3) is 0.393. The second-order valence-electron chi connectivity index (χ2n) is 11.2. The van der Waals surface area contributed by atoms with E-state index < -0.39 is 18.0 Å². The van der Waals surface area contributed by atoms with Crippen LogP contribution in [-0.4, -0.2) is 37.9 Å². The fourth-order valence-electron chi connectivity index (χ4n) is 4.55. The van der Waals surface area contributed by atoms with Gasteiger partial charge in [-0.05, 0) is 43.4 Å². The van der Waals surface area contributed by atoms with Crippen molar-refractivity contribution in [3.8, 4) is 6.07 Å². The van der Waals surface area contributed by atoms with Crippen LogP contribution in [0.5, 0.6) is 0 Å². The molecule has 0 spiro atoms. The van der Waals surface area contributed by atoms with Gasteiger partial charge in [0, 0.05) is 41.3 Å². The number of aryl methyl sites for hydroxylation is 1. The van der Waals surface area contributed by atoms with Gasteiger partial charge in [-0.25, -0.2) is 13.5 Å². The van der Waals surface area contributed by atoms with Gasteiger partial charge in [-0.3, -0.25) is 9.97 Å². The Morgan fingerprint density at radius 2 is 2.00 bits per heavy atom. The molecule has 1 aliphatic carbocycles. The van der Waals surface area contributed by atoms with Crippen LogP contribution in [0.25, 0.3) is 10.9 Å². The van der Waals surface area contributed by atoms with Crippen molar-refractivity contribution in [3.63, 3.8) is 0 Å². The van der Waals surface area contributed by atoms with Crippen molar-refractivity contribution in [2.75, 3.05) is 17.2 Å². The Morgan fingerprint density at radius 3 is 2.64 bits per heavy atom. The Kier molecular flexibility index (Phi) is 6.89. The van der Waals surface area contributed by atoms with E-state index in [4.69, 9.17) is 11.6 Å². The first-order valence-electron chi connectivity index (χ1n) is 12.7. The Morgan fingerprint density at radius 1 is 1.23 bits per heavy atom. The zero-order chi connectivity index (χ0) is 27.9. The molecule has 1 aromatic carbocycles. The minimum Gasteiger partial charge on any atom is -0.383 e. The second-order valence-corrected chi connectivity index (χ2v) is 11.6. The Balaban J connectivity index is 1.59. The molecule has 0 saturated heterocycles. The molecule has 8 nitrogen and oxygen atoms in total. The van der Waals surface area contributed by atoms with Gasteiger partial charge in [-0.15, -0.1) is 5.10 Å². The van der Waals surface area contributed by atoms with Gasteiger partial charge in [0.2, 0.25) is 0 Å². The van der Waals surface area contributed by atoms with Gasteiger partial charge in [0.15, 0.2) is 0 Å². The third-order valence-electron chi connectivity index (χ3n) is 6.94. The molecule has 2 N–H and O–H groups in total. The topological polar surface area (TPSA) is 104 Å². The number of rotatable bonds is 8. The van der Waals surface area contributed by atoms with E-state index in [9.17, 15) is 14.0 Å². The van der Waals surface area contributed by atoms with Crippen molar-refractivity contribution >= 4 is 33.9 Å². The molecule has 0 amide bonds. The Bertz CT molecular complexity index is 1570. The van der Waals surface area contributed by atoms with Crippen molar-refractivity contribution in [2.24, 2.45) is 5.41 Å². The summed E-state index contributed by atoms with van der Waals surface area (Å²) in [4.78, 5) is 8.85. The van der Waals surface area contributed by atoms with Crippen LogP contribution in [0, 0.1) is 23.7 Å². The van der Waals surface area contributed by atoms with E-state index in [1.54, 1.807) is 18.5 Å². The molecule has 4 aromatic rings. The zero-order valence-corrected chi connectivity index (χ0v) is 22.9. The molecule has 11 heteroatoms. The number of halogens is 3. The molecule has 1 fully saturated rings. The van der Waals surface area contributed by atoms with Crippen LogP contribution in [0.2, 0.25) is 5.02 Å². The molecule has 3 aromatic heterocycles. The van der Waals surface area contributed by atoms with E-state index in [0.29, 0.717) is 57.9 Å². The molecule has 0 aliphatic heterocycles. The summed E-state index contributed by atoms with van der Waals surface area (Å²) >= 11 is 6.69. The van der Waals surface area contributed by atoms with Crippen molar-refractivity contribution < 1.29 is 8.78 Å². The quantitative estimate of drug-likeness (QED) is 0.259. The van der Waals surface area contributed by atoms with Crippen molar-refractivity contribution in [2.45, 2.75) is 58.5 Å². The summed E-state index contributed by atoms with van der Waals surface area (Å²) in [6.45, 7) is 8.80. The highest BCUT2D eigenvalue weighted by Gasteiger charge is 2.54. The van der Waals surface area contributed by atoms with E-state index in [1.165, 1.54) is 10.9 Å². The number of nitriles is 1. The van der Waals surface area contributed by atoms with Crippen molar-refractivity contribution in [1.82, 2.24) is 25.0 Å². The van der Waals surface area contributed by atoms with Gasteiger partial charge in [0.25, 0.3) is 6.43 Å². The fourth-order valence-corrected chi connectivity index (χ4v) is 4.82. The number of hydrogen-bond acceptors (Lipinski definition) is 7. The summed E-state index contributed by atoms with van der Waals surface area (Å²) in [5.41, 5.74) is 2.98. The summed E-state index contributed by atoms with van der Waals surface area (Å²) in [6, 6.07) is 9.02. The van der Waals surface area contributed by atoms with Crippen LogP contribution in [0.4, 0.5) is 20.2 Å². The predicted molar refractivity (Wildman–Crippen MR) is 147 cm³/mol. The van der Waals surface area contributed by atoms with Crippen LogP contribution in [0.3, 0.4) is 0 Å². The van der Waals surface area contributed by atoms with Crippen LogP contribution in [-0.2, 0) is 5.54 Å². The van der Waals surface area contributed by atoms with Crippen molar-refractivity contribution in [3.05, 3.63) is 70.4 Å². The molecule has 1 saturated carbocycles. The van der Waals surface area contributed by atoms with Gasteiger partial charge >= 0.3 is 0 Å². The lowest BCUT2D eigenvalue weighted by Gasteiger charge is -2.23. The third kappa shape index (κ3) is 5.23. The number of nitrogens with one attached hydrogen (secondary N) is 2.